The van der Waals surface area contributed by atoms with Crippen LogP contribution in [0.3, 0.4) is 0 Å². The third-order valence-corrected chi connectivity index (χ3v) is 4.12. The van der Waals surface area contributed by atoms with Crippen molar-refractivity contribution < 1.29 is 38.3 Å². The van der Waals surface area contributed by atoms with Crippen LogP contribution < -0.4 is 14.2 Å². The number of nitrogens with zero attached hydrogens (tertiary/aromatic N) is 2. The van der Waals surface area contributed by atoms with Crippen LogP contribution in [0.25, 0.3) is 0 Å². The Labute approximate surface area is 185 Å². The van der Waals surface area contributed by atoms with E-state index in [9.17, 15) is 4.79 Å². The average molecular weight is 446 g/mol. The van der Waals surface area contributed by atoms with Gasteiger partial charge < -0.3 is 33.5 Å². The summed E-state index contributed by atoms with van der Waals surface area (Å²) < 4.78 is 33.0. The molecule has 172 valence electrons. The number of fused-ring (bicyclic) bond motifs is 1. The summed E-state index contributed by atoms with van der Waals surface area (Å²) >= 11 is 0. The van der Waals surface area contributed by atoms with Gasteiger partial charge in [-0.2, -0.15) is 10.2 Å². The molecule has 2 aromatic rings. The highest BCUT2D eigenvalue weighted by molar-refractivity contribution is 5.68. The molecule has 0 aliphatic carbocycles. The number of hydrogen-bond donors (Lipinski definition) is 1. The molecule has 1 aliphatic rings. The van der Waals surface area contributed by atoms with Crippen molar-refractivity contribution in [2.24, 2.45) is 10.2 Å². The molecule has 10 heteroatoms. The van der Waals surface area contributed by atoms with Gasteiger partial charge in [-0.05, 0) is 36.4 Å². The number of carboxylic acids is 1. The standard InChI is InChI=1S/C22H26N2O8/c25-22(26)16-32-19-4-1-17(2-5-19)23-24-18-3-6-20-21(15-18)31-14-12-29-10-8-27-7-9-28-11-13-30-20/h1-6,15H,7-14,16H2,(H,25,26). The Hall–Kier alpha value is -3.21. The molecule has 0 spiro atoms. The Morgan fingerprint density at radius 1 is 0.750 bits per heavy atom. The topological polar surface area (TPSA) is 117 Å². The number of carboxylic acid groups (broad SMARTS) is 1. The van der Waals surface area contributed by atoms with Crippen LogP contribution in [0.15, 0.2) is 52.7 Å². The van der Waals surface area contributed by atoms with E-state index in [0.717, 1.165) is 0 Å². The van der Waals surface area contributed by atoms with Gasteiger partial charge in [0.2, 0.25) is 0 Å². The van der Waals surface area contributed by atoms with Gasteiger partial charge in [0.25, 0.3) is 0 Å². The average Bonchev–Trinajstić information content (AvgIpc) is 2.81. The van der Waals surface area contributed by atoms with E-state index >= 15 is 0 Å². The summed E-state index contributed by atoms with van der Waals surface area (Å²) in [6, 6.07) is 11.9. The summed E-state index contributed by atoms with van der Waals surface area (Å²) in [5, 5.41) is 17.1. The van der Waals surface area contributed by atoms with Gasteiger partial charge in [-0.1, -0.05) is 0 Å². The van der Waals surface area contributed by atoms with Crippen LogP contribution in [0.4, 0.5) is 11.4 Å². The Morgan fingerprint density at radius 3 is 1.91 bits per heavy atom. The first-order chi connectivity index (χ1) is 15.7. The third kappa shape index (κ3) is 8.50. The number of aliphatic carboxylic acids is 1. The van der Waals surface area contributed by atoms with Gasteiger partial charge in [-0.15, -0.1) is 0 Å². The number of carbonyl (C=O) groups is 1. The molecule has 0 saturated carbocycles. The van der Waals surface area contributed by atoms with Crippen molar-refractivity contribution in [3.63, 3.8) is 0 Å². The molecule has 0 atom stereocenters. The van der Waals surface area contributed by atoms with Gasteiger partial charge in [-0.25, -0.2) is 4.79 Å². The zero-order chi connectivity index (χ0) is 22.4. The summed E-state index contributed by atoms with van der Waals surface area (Å²) in [6.45, 7) is 3.20. The van der Waals surface area contributed by atoms with Gasteiger partial charge in [-0.3, -0.25) is 0 Å². The Kier molecular flexibility index (Phi) is 9.72. The van der Waals surface area contributed by atoms with Crippen LogP contribution in [-0.4, -0.2) is 70.5 Å². The first kappa shape index (κ1) is 23.5. The van der Waals surface area contributed by atoms with E-state index in [2.05, 4.69) is 10.2 Å². The zero-order valence-electron chi connectivity index (χ0n) is 17.6. The Bertz CT molecular complexity index is 873. The molecule has 0 unspecified atom stereocenters. The van der Waals surface area contributed by atoms with Gasteiger partial charge in [0.15, 0.2) is 18.1 Å². The normalized spacial score (nSPS) is 16.1. The fourth-order valence-corrected chi connectivity index (χ4v) is 2.62. The number of benzene rings is 2. The highest BCUT2D eigenvalue weighted by atomic mass is 16.6. The molecule has 0 saturated heterocycles. The minimum absolute atomic E-state index is 0.352. The van der Waals surface area contributed by atoms with Gasteiger partial charge >= 0.3 is 5.97 Å². The fourth-order valence-electron chi connectivity index (χ4n) is 2.62. The van der Waals surface area contributed by atoms with Crippen LogP contribution in [0.2, 0.25) is 0 Å². The van der Waals surface area contributed by atoms with E-state index in [1.807, 2.05) is 0 Å². The molecule has 0 amide bonds. The van der Waals surface area contributed by atoms with Crippen molar-refractivity contribution in [1.29, 1.82) is 0 Å². The molecule has 1 N–H and O–H groups in total. The molecule has 10 nitrogen and oxygen atoms in total. The van der Waals surface area contributed by atoms with Crippen molar-refractivity contribution >= 4 is 17.3 Å². The van der Waals surface area contributed by atoms with E-state index in [0.29, 0.717) is 81.5 Å². The molecule has 3 rings (SSSR count). The van der Waals surface area contributed by atoms with Crippen LogP contribution in [0, 0.1) is 0 Å². The summed E-state index contributed by atoms with van der Waals surface area (Å²) in [5.74, 6) is 0.523. The second kappa shape index (κ2) is 13.3. The van der Waals surface area contributed by atoms with Crippen molar-refractivity contribution in [1.82, 2.24) is 0 Å². The molecule has 32 heavy (non-hydrogen) atoms. The summed E-state index contributed by atoms with van der Waals surface area (Å²) in [6.07, 6.45) is 0. The van der Waals surface area contributed by atoms with E-state index in [1.165, 1.54) is 0 Å². The molecule has 2 aromatic carbocycles. The molecule has 0 aromatic heterocycles. The van der Waals surface area contributed by atoms with Crippen LogP contribution >= 0.6 is 0 Å². The molecule has 1 heterocycles. The number of ether oxygens (including phenoxy) is 6. The largest absolute Gasteiger partial charge is 0.487 e. The zero-order valence-corrected chi connectivity index (χ0v) is 17.6. The maximum Gasteiger partial charge on any atom is 0.341 e. The molecule has 0 radical (unpaired) electrons. The summed E-state index contributed by atoms with van der Waals surface area (Å²) in [4.78, 5) is 10.6. The molecule has 0 bridgehead atoms. The molecular weight excluding hydrogens is 420 g/mol. The minimum Gasteiger partial charge on any atom is -0.487 e. The maximum atomic E-state index is 10.6. The van der Waals surface area contributed by atoms with E-state index in [4.69, 9.17) is 33.5 Å². The van der Waals surface area contributed by atoms with Gasteiger partial charge in [0, 0.05) is 6.07 Å². The van der Waals surface area contributed by atoms with Crippen LogP contribution in [0.5, 0.6) is 17.2 Å². The number of azo groups is 1. The maximum absolute atomic E-state index is 10.6. The van der Waals surface area contributed by atoms with Crippen molar-refractivity contribution in [3.05, 3.63) is 42.5 Å². The van der Waals surface area contributed by atoms with E-state index < -0.39 is 12.6 Å². The van der Waals surface area contributed by atoms with Crippen LogP contribution in [-0.2, 0) is 19.0 Å². The smallest absolute Gasteiger partial charge is 0.341 e. The highest BCUT2D eigenvalue weighted by Gasteiger charge is 2.08. The minimum atomic E-state index is -1.04. The highest BCUT2D eigenvalue weighted by Crippen LogP contribution is 2.32. The van der Waals surface area contributed by atoms with Gasteiger partial charge in [0.1, 0.15) is 19.0 Å². The first-order valence-electron chi connectivity index (χ1n) is 10.2. The third-order valence-electron chi connectivity index (χ3n) is 4.12. The Morgan fingerprint density at radius 2 is 1.28 bits per heavy atom. The lowest BCUT2D eigenvalue weighted by Crippen LogP contribution is -2.13. The van der Waals surface area contributed by atoms with Gasteiger partial charge in [0.05, 0.1) is 51.0 Å². The van der Waals surface area contributed by atoms with Crippen molar-refractivity contribution in [2.75, 3.05) is 59.5 Å². The Balaban J connectivity index is 1.63. The second-order valence-corrected chi connectivity index (χ2v) is 6.54. The SMILES string of the molecule is O=C(O)COc1ccc(N=Nc2ccc3c(c2)OCCOCCOCCOCCO3)cc1. The summed E-state index contributed by atoms with van der Waals surface area (Å²) in [7, 11) is 0. The number of hydrogen-bond acceptors (Lipinski definition) is 9. The fraction of sp³-hybridized carbons (Fsp3) is 0.409. The molecule has 0 fully saturated rings. The number of rotatable bonds is 5. The predicted octanol–water partition coefficient (Wildman–Crippen LogP) is 3.39. The quantitative estimate of drug-likeness (QED) is 0.695. The lowest BCUT2D eigenvalue weighted by atomic mass is 10.3. The molecule has 1 aliphatic heterocycles. The first-order valence-corrected chi connectivity index (χ1v) is 10.2. The van der Waals surface area contributed by atoms with Crippen molar-refractivity contribution in [3.8, 4) is 17.2 Å². The van der Waals surface area contributed by atoms with Crippen LogP contribution in [0.1, 0.15) is 0 Å². The summed E-state index contributed by atoms with van der Waals surface area (Å²) in [5.41, 5.74) is 1.18. The van der Waals surface area contributed by atoms with Crippen molar-refractivity contribution in [2.45, 2.75) is 0 Å². The van der Waals surface area contributed by atoms with E-state index in [-0.39, 0.29) is 0 Å². The van der Waals surface area contributed by atoms with E-state index in [1.54, 1.807) is 42.5 Å². The predicted molar refractivity (Wildman–Crippen MR) is 114 cm³/mol. The monoisotopic (exact) mass is 446 g/mol. The molecular formula is C22H26N2O8. The lowest BCUT2D eigenvalue weighted by Gasteiger charge is -2.13. The lowest BCUT2D eigenvalue weighted by molar-refractivity contribution is -0.139. The second-order valence-electron chi connectivity index (χ2n) is 6.54.